The number of carboxylic acid groups (broad SMARTS) is 1. The van der Waals surface area contributed by atoms with Crippen LogP contribution in [0.3, 0.4) is 0 Å². The zero-order valence-electron chi connectivity index (χ0n) is 10.9. The summed E-state index contributed by atoms with van der Waals surface area (Å²) in [5.41, 5.74) is 2.70. The van der Waals surface area contributed by atoms with Crippen LogP contribution in [0, 0.1) is 0 Å². The van der Waals surface area contributed by atoms with Gasteiger partial charge in [0.25, 0.3) is 0 Å². The number of hydrogen-bond donors (Lipinski definition) is 1. The smallest absolute Gasteiger partial charge is 0.328 e. The molecule has 2 rings (SSSR count). The van der Waals surface area contributed by atoms with Crippen LogP contribution in [0.1, 0.15) is 31.0 Å². The van der Waals surface area contributed by atoms with E-state index in [9.17, 15) is 4.79 Å². The lowest BCUT2D eigenvalue weighted by atomic mass is 10.1. The minimum atomic E-state index is -0.960. The van der Waals surface area contributed by atoms with Crippen LogP contribution in [-0.2, 0) is 4.79 Å². The summed E-state index contributed by atoms with van der Waals surface area (Å²) in [4.78, 5) is 10.6. The first-order chi connectivity index (χ1) is 9.08. The molecule has 4 nitrogen and oxygen atoms in total. The molecule has 1 N–H and O–H groups in total. The molecule has 0 unspecified atom stereocenters. The second-order valence-corrected chi connectivity index (χ2v) is 4.57. The third-order valence-corrected chi connectivity index (χ3v) is 2.79. The summed E-state index contributed by atoms with van der Waals surface area (Å²) in [6.45, 7) is 4.17. The van der Waals surface area contributed by atoms with Gasteiger partial charge in [-0.2, -0.15) is 5.10 Å². The molecule has 1 aromatic carbocycles. The second-order valence-electron chi connectivity index (χ2n) is 4.57. The zero-order valence-corrected chi connectivity index (χ0v) is 10.9. The molecule has 0 saturated heterocycles. The first kappa shape index (κ1) is 13.1. The van der Waals surface area contributed by atoms with E-state index in [0.29, 0.717) is 5.92 Å². The second kappa shape index (κ2) is 5.52. The summed E-state index contributed by atoms with van der Waals surface area (Å²) < 4.78 is 1.77. The molecule has 2 aromatic rings. The van der Waals surface area contributed by atoms with Crippen molar-refractivity contribution in [1.29, 1.82) is 0 Å². The molecule has 98 valence electrons. The first-order valence-corrected chi connectivity index (χ1v) is 6.14. The van der Waals surface area contributed by atoms with E-state index >= 15 is 0 Å². The zero-order chi connectivity index (χ0) is 13.8. The molecule has 0 aliphatic heterocycles. The van der Waals surface area contributed by atoms with Crippen molar-refractivity contribution in [1.82, 2.24) is 9.78 Å². The molecule has 0 spiro atoms. The van der Waals surface area contributed by atoms with E-state index in [1.807, 2.05) is 36.5 Å². The molecule has 0 bridgehead atoms. The Hall–Kier alpha value is -2.36. The van der Waals surface area contributed by atoms with E-state index < -0.39 is 5.97 Å². The highest BCUT2D eigenvalue weighted by Gasteiger charge is 2.07. The number of aliphatic carboxylic acids is 1. The van der Waals surface area contributed by atoms with Gasteiger partial charge >= 0.3 is 5.97 Å². The fourth-order valence-electron chi connectivity index (χ4n) is 1.78. The Morgan fingerprint density at radius 3 is 2.68 bits per heavy atom. The third-order valence-electron chi connectivity index (χ3n) is 2.79. The van der Waals surface area contributed by atoms with Crippen LogP contribution in [0.4, 0.5) is 0 Å². The van der Waals surface area contributed by atoms with Crippen LogP contribution in [0.2, 0.25) is 0 Å². The van der Waals surface area contributed by atoms with Crippen molar-refractivity contribution in [3.8, 4) is 5.69 Å². The Bertz CT molecular complexity index is 612. The summed E-state index contributed by atoms with van der Waals surface area (Å²) in [6.07, 6.45) is 4.60. The fraction of sp³-hybridized carbons (Fsp3) is 0.200. The maximum atomic E-state index is 10.6. The normalized spacial score (nSPS) is 11.3. The summed E-state index contributed by atoms with van der Waals surface area (Å²) >= 11 is 0. The highest BCUT2D eigenvalue weighted by molar-refractivity contribution is 5.86. The predicted molar refractivity (Wildman–Crippen MR) is 74.3 cm³/mol. The van der Waals surface area contributed by atoms with E-state index in [1.54, 1.807) is 10.8 Å². The van der Waals surface area contributed by atoms with Crippen LogP contribution in [0.5, 0.6) is 0 Å². The van der Waals surface area contributed by atoms with Crippen molar-refractivity contribution in [2.24, 2.45) is 0 Å². The molecule has 0 aliphatic carbocycles. The Morgan fingerprint density at radius 1 is 1.32 bits per heavy atom. The molecule has 0 fully saturated rings. The number of nitrogens with zero attached hydrogens (tertiary/aromatic N) is 2. The summed E-state index contributed by atoms with van der Waals surface area (Å²) in [5.74, 6) is -0.596. The Kier molecular flexibility index (Phi) is 3.80. The van der Waals surface area contributed by atoms with E-state index in [0.717, 1.165) is 23.0 Å². The SMILES string of the molecule is CC(C)c1ccn(-c2ccccc2C=CC(=O)O)n1. The molecule has 1 aromatic heterocycles. The molecule has 0 amide bonds. The van der Waals surface area contributed by atoms with Gasteiger partial charge < -0.3 is 5.11 Å². The largest absolute Gasteiger partial charge is 0.478 e. The fourth-order valence-corrected chi connectivity index (χ4v) is 1.78. The monoisotopic (exact) mass is 256 g/mol. The molecule has 4 heteroatoms. The molecule has 1 heterocycles. The van der Waals surface area contributed by atoms with Crippen molar-refractivity contribution in [3.63, 3.8) is 0 Å². The standard InChI is InChI=1S/C15H16N2O2/c1-11(2)13-9-10-17(16-13)14-6-4-3-5-12(14)7-8-15(18)19/h3-11H,1-2H3,(H,18,19). The molecule has 0 atom stereocenters. The van der Waals surface area contributed by atoms with Crippen molar-refractivity contribution in [2.75, 3.05) is 0 Å². The highest BCUT2D eigenvalue weighted by atomic mass is 16.4. The Balaban J connectivity index is 2.41. The van der Waals surface area contributed by atoms with Crippen LogP contribution >= 0.6 is 0 Å². The van der Waals surface area contributed by atoms with Gasteiger partial charge in [0.05, 0.1) is 11.4 Å². The Morgan fingerprint density at radius 2 is 2.05 bits per heavy atom. The van der Waals surface area contributed by atoms with Crippen LogP contribution in [0.15, 0.2) is 42.6 Å². The van der Waals surface area contributed by atoms with E-state index in [-0.39, 0.29) is 0 Å². The summed E-state index contributed by atoms with van der Waals surface area (Å²) in [7, 11) is 0. The summed E-state index contributed by atoms with van der Waals surface area (Å²) in [6, 6.07) is 9.54. The lowest BCUT2D eigenvalue weighted by Gasteiger charge is -2.06. The maximum absolute atomic E-state index is 10.6. The summed E-state index contributed by atoms with van der Waals surface area (Å²) in [5, 5.41) is 13.2. The van der Waals surface area contributed by atoms with Crippen LogP contribution in [-0.4, -0.2) is 20.9 Å². The average Bonchev–Trinajstić information content (AvgIpc) is 2.86. The molecule has 19 heavy (non-hydrogen) atoms. The molecular weight excluding hydrogens is 240 g/mol. The van der Waals surface area contributed by atoms with Gasteiger partial charge in [-0.05, 0) is 24.1 Å². The number of hydrogen-bond acceptors (Lipinski definition) is 2. The number of carbonyl (C=O) groups is 1. The Labute approximate surface area is 112 Å². The average molecular weight is 256 g/mol. The highest BCUT2D eigenvalue weighted by Crippen LogP contribution is 2.18. The predicted octanol–water partition coefficient (Wildman–Crippen LogP) is 3.09. The number of benzene rings is 1. The van der Waals surface area contributed by atoms with Crippen LogP contribution < -0.4 is 0 Å². The number of rotatable bonds is 4. The number of carboxylic acids is 1. The maximum Gasteiger partial charge on any atom is 0.328 e. The van der Waals surface area contributed by atoms with Gasteiger partial charge in [-0.25, -0.2) is 9.48 Å². The minimum absolute atomic E-state index is 0.364. The van der Waals surface area contributed by atoms with Gasteiger partial charge in [-0.15, -0.1) is 0 Å². The van der Waals surface area contributed by atoms with Gasteiger partial charge in [-0.1, -0.05) is 32.0 Å². The van der Waals surface area contributed by atoms with Gasteiger partial charge in [0.1, 0.15) is 0 Å². The van der Waals surface area contributed by atoms with E-state index in [4.69, 9.17) is 5.11 Å². The first-order valence-electron chi connectivity index (χ1n) is 6.14. The molecule has 0 aliphatic rings. The number of para-hydroxylation sites is 1. The topological polar surface area (TPSA) is 55.1 Å². The lowest BCUT2D eigenvalue weighted by molar-refractivity contribution is -0.131. The van der Waals surface area contributed by atoms with E-state index in [1.165, 1.54) is 0 Å². The number of aromatic nitrogens is 2. The van der Waals surface area contributed by atoms with Crippen molar-refractivity contribution < 1.29 is 9.90 Å². The van der Waals surface area contributed by atoms with Gasteiger partial charge in [0.2, 0.25) is 0 Å². The molecule has 0 radical (unpaired) electrons. The van der Waals surface area contributed by atoms with Crippen molar-refractivity contribution in [2.45, 2.75) is 19.8 Å². The van der Waals surface area contributed by atoms with Crippen molar-refractivity contribution in [3.05, 3.63) is 53.9 Å². The third kappa shape index (κ3) is 3.10. The van der Waals surface area contributed by atoms with Crippen LogP contribution in [0.25, 0.3) is 11.8 Å². The quantitative estimate of drug-likeness (QED) is 0.855. The van der Waals surface area contributed by atoms with Gasteiger partial charge in [0, 0.05) is 17.8 Å². The van der Waals surface area contributed by atoms with E-state index in [2.05, 4.69) is 18.9 Å². The van der Waals surface area contributed by atoms with Gasteiger partial charge in [-0.3, -0.25) is 0 Å². The minimum Gasteiger partial charge on any atom is -0.478 e. The molecular formula is C15H16N2O2. The van der Waals surface area contributed by atoms with Gasteiger partial charge in [0.15, 0.2) is 0 Å². The molecule has 0 saturated carbocycles. The lowest BCUT2D eigenvalue weighted by Crippen LogP contribution is -1.99. The van der Waals surface area contributed by atoms with Crippen molar-refractivity contribution >= 4 is 12.0 Å².